The SMILES string of the molecule is CCC1CCC(CNc2ccnc(C(=O)N(C)C)c2)CC1. The molecule has 2 rings (SSSR count). The van der Waals surface area contributed by atoms with Crippen molar-refractivity contribution in [3.8, 4) is 0 Å². The Labute approximate surface area is 127 Å². The van der Waals surface area contributed by atoms with E-state index in [1.807, 2.05) is 12.1 Å². The van der Waals surface area contributed by atoms with E-state index in [0.717, 1.165) is 24.1 Å². The number of nitrogens with zero attached hydrogens (tertiary/aromatic N) is 2. The van der Waals surface area contributed by atoms with E-state index < -0.39 is 0 Å². The minimum atomic E-state index is -0.0536. The summed E-state index contributed by atoms with van der Waals surface area (Å²) in [5.74, 6) is 1.64. The number of nitrogens with one attached hydrogen (secondary N) is 1. The smallest absolute Gasteiger partial charge is 0.272 e. The largest absolute Gasteiger partial charge is 0.385 e. The van der Waals surface area contributed by atoms with E-state index in [1.165, 1.54) is 32.1 Å². The summed E-state index contributed by atoms with van der Waals surface area (Å²) < 4.78 is 0. The van der Waals surface area contributed by atoms with Crippen LogP contribution in [0.1, 0.15) is 49.5 Å². The van der Waals surface area contributed by atoms with Gasteiger partial charge in [0.2, 0.25) is 0 Å². The number of anilines is 1. The van der Waals surface area contributed by atoms with Gasteiger partial charge in [-0.3, -0.25) is 9.78 Å². The molecule has 0 saturated heterocycles. The summed E-state index contributed by atoms with van der Waals surface area (Å²) in [6.07, 6.45) is 8.39. The van der Waals surface area contributed by atoms with Crippen LogP contribution in [-0.4, -0.2) is 36.4 Å². The lowest BCUT2D eigenvalue weighted by Gasteiger charge is -2.28. The summed E-state index contributed by atoms with van der Waals surface area (Å²) in [6, 6.07) is 3.78. The van der Waals surface area contributed by atoms with Gasteiger partial charge in [-0.1, -0.05) is 26.2 Å². The molecule has 21 heavy (non-hydrogen) atoms. The van der Waals surface area contributed by atoms with Gasteiger partial charge in [0.05, 0.1) is 0 Å². The average Bonchev–Trinajstić information content (AvgIpc) is 2.53. The molecular formula is C17H27N3O. The fourth-order valence-corrected chi connectivity index (χ4v) is 2.99. The maximum atomic E-state index is 11.9. The van der Waals surface area contributed by atoms with Crippen LogP contribution in [0.15, 0.2) is 18.3 Å². The number of rotatable bonds is 5. The second-order valence-electron chi connectivity index (χ2n) is 6.31. The second kappa shape index (κ2) is 7.43. The Bertz CT molecular complexity index is 465. The predicted octanol–water partition coefficient (Wildman–Crippen LogP) is 3.41. The Morgan fingerprint density at radius 2 is 1.95 bits per heavy atom. The molecule has 1 aliphatic rings. The lowest BCUT2D eigenvalue weighted by Crippen LogP contribution is -2.23. The molecule has 0 aliphatic heterocycles. The number of aromatic nitrogens is 1. The van der Waals surface area contributed by atoms with E-state index >= 15 is 0 Å². The highest BCUT2D eigenvalue weighted by Crippen LogP contribution is 2.30. The van der Waals surface area contributed by atoms with Crippen LogP contribution in [-0.2, 0) is 0 Å². The highest BCUT2D eigenvalue weighted by molar-refractivity contribution is 5.92. The van der Waals surface area contributed by atoms with Gasteiger partial charge in [-0.25, -0.2) is 0 Å². The fourth-order valence-electron chi connectivity index (χ4n) is 2.99. The van der Waals surface area contributed by atoms with Crippen molar-refractivity contribution in [2.45, 2.75) is 39.0 Å². The van der Waals surface area contributed by atoms with Crippen molar-refractivity contribution in [1.82, 2.24) is 9.88 Å². The first-order valence-corrected chi connectivity index (χ1v) is 8.01. The molecule has 1 heterocycles. The van der Waals surface area contributed by atoms with Crippen molar-refractivity contribution in [3.63, 3.8) is 0 Å². The second-order valence-corrected chi connectivity index (χ2v) is 6.31. The van der Waals surface area contributed by atoms with Gasteiger partial charge in [0.1, 0.15) is 5.69 Å². The summed E-state index contributed by atoms with van der Waals surface area (Å²) in [5, 5.41) is 3.47. The molecule has 1 saturated carbocycles. The quantitative estimate of drug-likeness (QED) is 0.903. The van der Waals surface area contributed by atoms with Crippen LogP contribution in [0.4, 0.5) is 5.69 Å². The fraction of sp³-hybridized carbons (Fsp3) is 0.647. The topological polar surface area (TPSA) is 45.2 Å². The van der Waals surface area contributed by atoms with E-state index in [-0.39, 0.29) is 5.91 Å². The van der Waals surface area contributed by atoms with Crippen LogP contribution in [0, 0.1) is 11.8 Å². The number of hydrogen-bond donors (Lipinski definition) is 1. The molecule has 0 bridgehead atoms. The maximum absolute atomic E-state index is 11.9. The number of carbonyl (C=O) groups excluding carboxylic acids is 1. The Kier molecular flexibility index (Phi) is 5.59. The van der Waals surface area contributed by atoms with E-state index in [0.29, 0.717) is 5.69 Å². The van der Waals surface area contributed by atoms with Crippen LogP contribution in [0.3, 0.4) is 0 Å². The number of pyridine rings is 1. The molecule has 0 atom stereocenters. The van der Waals surface area contributed by atoms with Gasteiger partial charge in [-0.15, -0.1) is 0 Å². The average molecular weight is 289 g/mol. The Hall–Kier alpha value is -1.58. The molecule has 1 N–H and O–H groups in total. The number of carbonyl (C=O) groups is 1. The molecule has 0 radical (unpaired) electrons. The lowest BCUT2D eigenvalue weighted by atomic mass is 9.81. The molecule has 0 aromatic carbocycles. The standard InChI is InChI=1S/C17H27N3O/c1-4-13-5-7-14(8-6-13)12-19-15-9-10-18-16(11-15)17(21)20(2)3/h9-11,13-14H,4-8,12H2,1-3H3,(H,18,19). The van der Waals surface area contributed by atoms with Gasteiger partial charge in [0.15, 0.2) is 0 Å². The van der Waals surface area contributed by atoms with Gasteiger partial charge in [0, 0.05) is 32.5 Å². The third-order valence-electron chi connectivity index (χ3n) is 4.52. The number of amides is 1. The van der Waals surface area contributed by atoms with Gasteiger partial charge >= 0.3 is 0 Å². The predicted molar refractivity (Wildman–Crippen MR) is 86.5 cm³/mol. The third kappa shape index (κ3) is 4.45. The zero-order chi connectivity index (χ0) is 15.2. The van der Waals surface area contributed by atoms with Crippen molar-refractivity contribution in [1.29, 1.82) is 0 Å². The molecular weight excluding hydrogens is 262 g/mol. The van der Waals surface area contributed by atoms with Gasteiger partial charge in [0.25, 0.3) is 5.91 Å². The summed E-state index contributed by atoms with van der Waals surface area (Å²) >= 11 is 0. The van der Waals surface area contributed by atoms with E-state index in [2.05, 4.69) is 17.2 Å². The molecule has 116 valence electrons. The van der Waals surface area contributed by atoms with Crippen molar-refractivity contribution < 1.29 is 4.79 Å². The Morgan fingerprint density at radius 1 is 1.29 bits per heavy atom. The van der Waals surface area contributed by atoms with E-state index in [4.69, 9.17) is 0 Å². The van der Waals surface area contributed by atoms with Crippen molar-refractivity contribution >= 4 is 11.6 Å². The highest BCUT2D eigenvalue weighted by Gasteiger charge is 2.19. The zero-order valence-electron chi connectivity index (χ0n) is 13.4. The summed E-state index contributed by atoms with van der Waals surface area (Å²) in [7, 11) is 3.49. The summed E-state index contributed by atoms with van der Waals surface area (Å²) in [5.41, 5.74) is 1.49. The van der Waals surface area contributed by atoms with Crippen LogP contribution >= 0.6 is 0 Å². The first kappa shape index (κ1) is 15.8. The first-order chi connectivity index (χ1) is 10.1. The highest BCUT2D eigenvalue weighted by atomic mass is 16.2. The zero-order valence-corrected chi connectivity index (χ0v) is 13.4. The molecule has 1 fully saturated rings. The number of hydrogen-bond acceptors (Lipinski definition) is 3. The minimum absolute atomic E-state index is 0.0536. The molecule has 1 aromatic heterocycles. The maximum Gasteiger partial charge on any atom is 0.272 e. The van der Waals surface area contributed by atoms with E-state index in [1.54, 1.807) is 25.2 Å². The van der Waals surface area contributed by atoms with E-state index in [9.17, 15) is 4.79 Å². The van der Waals surface area contributed by atoms with Crippen molar-refractivity contribution in [3.05, 3.63) is 24.0 Å². The van der Waals surface area contributed by atoms with Crippen LogP contribution < -0.4 is 5.32 Å². The molecule has 1 aromatic rings. The first-order valence-electron chi connectivity index (χ1n) is 8.01. The molecule has 0 spiro atoms. The van der Waals surface area contributed by atoms with Crippen LogP contribution in [0.5, 0.6) is 0 Å². The molecule has 0 unspecified atom stereocenters. The monoisotopic (exact) mass is 289 g/mol. The van der Waals surface area contributed by atoms with Crippen LogP contribution in [0.2, 0.25) is 0 Å². The van der Waals surface area contributed by atoms with Gasteiger partial charge < -0.3 is 10.2 Å². The Balaban J connectivity index is 1.86. The van der Waals surface area contributed by atoms with Crippen LogP contribution in [0.25, 0.3) is 0 Å². The summed E-state index contributed by atoms with van der Waals surface area (Å²) in [4.78, 5) is 17.6. The van der Waals surface area contributed by atoms with Gasteiger partial charge in [-0.2, -0.15) is 0 Å². The molecule has 1 aliphatic carbocycles. The summed E-state index contributed by atoms with van der Waals surface area (Å²) in [6.45, 7) is 3.29. The van der Waals surface area contributed by atoms with Crippen molar-refractivity contribution in [2.24, 2.45) is 11.8 Å². The normalized spacial score (nSPS) is 21.9. The molecule has 1 amide bonds. The third-order valence-corrected chi connectivity index (χ3v) is 4.52. The van der Waals surface area contributed by atoms with Gasteiger partial charge in [-0.05, 0) is 36.8 Å². The Morgan fingerprint density at radius 3 is 2.57 bits per heavy atom. The molecule has 4 nitrogen and oxygen atoms in total. The minimum Gasteiger partial charge on any atom is -0.385 e. The van der Waals surface area contributed by atoms with Crippen molar-refractivity contribution in [2.75, 3.05) is 26.0 Å². The lowest BCUT2D eigenvalue weighted by molar-refractivity contribution is 0.0822. The molecule has 4 heteroatoms.